The standard InChI is InChI=1S/C28H30ClN3O/c29-25-10-6-21(7-11-25)27-13-9-24(18-30-27)28(33)31-26-12-8-22-16-20(4-5-23(22)17-26)19-32-14-2-1-3-15-32/h6-13,17-18,20H,1-5,14-16,19H2,(H,31,33). The van der Waals surface area contributed by atoms with Crippen LogP contribution in [0.25, 0.3) is 11.3 Å². The Labute approximate surface area is 201 Å². The zero-order valence-corrected chi connectivity index (χ0v) is 19.7. The summed E-state index contributed by atoms with van der Waals surface area (Å²) in [7, 11) is 0. The summed E-state index contributed by atoms with van der Waals surface area (Å²) in [5.74, 6) is 0.616. The van der Waals surface area contributed by atoms with Gasteiger partial charge in [-0.05, 0) is 98.6 Å². The summed E-state index contributed by atoms with van der Waals surface area (Å²) in [5, 5.41) is 3.74. The predicted octanol–water partition coefficient (Wildman–Crippen LogP) is 6.25. The van der Waals surface area contributed by atoms with E-state index in [0.717, 1.165) is 35.7 Å². The lowest BCUT2D eigenvalue weighted by atomic mass is 9.83. The number of fused-ring (bicyclic) bond motifs is 1. The van der Waals surface area contributed by atoms with Gasteiger partial charge >= 0.3 is 0 Å². The zero-order chi connectivity index (χ0) is 22.6. The molecule has 2 heterocycles. The molecule has 0 radical (unpaired) electrons. The van der Waals surface area contributed by atoms with Crippen LogP contribution in [0.2, 0.25) is 5.02 Å². The monoisotopic (exact) mass is 459 g/mol. The highest BCUT2D eigenvalue weighted by Gasteiger charge is 2.22. The molecule has 170 valence electrons. The first kappa shape index (κ1) is 22.1. The highest BCUT2D eigenvalue weighted by atomic mass is 35.5. The first-order valence-corrected chi connectivity index (χ1v) is 12.4. The molecule has 3 aromatic rings. The summed E-state index contributed by atoms with van der Waals surface area (Å²) in [6.07, 6.45) is 9.20. The van der Waals surface area contributed by atoms with Gasteiger partial charge < -0.3 is 10.2 Å². The van der Waals surface area contributed by atoms with E-state index >= 15 is 0 Å². The molecule has 1 unspecified atom stereocenters. The van der Waals surface area contributed by atoms with Crippen LogP contribution >= 0.6 is 11.6 Å². The molecule has 2 aromatic carbocycles. The summed E-state index contributed by atoms with van der Waals surface area (Å²) in [6.45, 7) is 3.77. The fourth-order valence-electron chi connectivity index (χ4n) is 5.09. The number of hydrogen-bond donors (Lipinski definition) is 1. The largest absolute Gasteiger partial charge is 0.322 e. The van der Waals surface area contributed by atoms with E-state index in [1.54, 1.807) is 6.20 Å². The van der Waals surface area contributed by atoms with Crippen molar-refractivity contribution in [2.24, 2.45) is 5.92 Å². The van der Waals surface area contributed by atoms with Crippen LogP contribution in [0.4, 0.5) is 5.69 Å². The number of likely N-dealkylation sites (tertiary alicyclic amines) is 1. The molecule has 4 nitrogen and oxygen atoms in total. The summed E-state index contributed by atoms with van der Waals surface area (Å²) < 4.78 is 0. The quantitative estimate of drug-likeness (QED) is 0.490. The maximum atomic E-state index is 12.8. The summed E-state index contributed by atoms with van der Waals surface area (Å²) >= 11 is 5.96. The molecule has 1 atom stereocenters. The lowest BCUT2D eigenvalue weighted by molar-refractivity contribution is 0.102. The smallest absolute Gasteiger partial charge is 0.257 e. The molecule has 0 bridgehead atoms. The van der Waals surface area contributed by atoms with Crippen LogP contribution < -0.4 is 5.32 Å². The Kier molecular flexibility index (Phi) is 6.75. The van der Waals surface area contributed by atoms with Crippen LogP contribution in [0.5, 0.6) is 0 Å². The average molecular weight is 460 g/mol. The van der Waals surface area contributed by atoms with Crippen LogP contribution in [0.1, 0.15) is 47.2 Å². The molecule has 1 saturated heterocycles. The number of halogens is 1. The molecule has 1 aliphatic carbocycles. The highest BCUT2D eigenvalue weighted by Crippen LogP contribution is 2.29. The fraction of sp³-hybridized carbons (Fsp3) is 0.357. The first-order chi connectivity index (χ1) is 16.1. The zero-order valence-electron chi connectivity index (χ0n) is 18.9. The van der Waals surface area contributed by atoms with Crippen molar-refractivity contribution in [1.82, 2.24) is 9.88 Å². The molecule has 1 amide bonds. The maximum Gasteiger partial charge on any atom is 0.257 e. The minimum Gasteiger partial charge on any atom is -0.322 e. The third-order valence-corrected chi connectivity index (χ3v) is 7.18. The molecule has 5 heteroatoms. The SMILES string of the molecule is O=C(Nc1ccc2c(c1)CCC(CN1CCCCC1)C2)c1ccc(-c2ccc(Cl)cc2)nc1. The van der Waals surface area contributed by atoms with Crippen molar-refractivity contribution in [3.05, 3.63) is 82.5 Å². The van der Waals surface area contributed by atoms with Crippen molar-refractivity contribution < 1.29 is 4.79 Å². The molecule has 1 fully saturated rings. The van der Waals surface area contributed by atoms with Gasteiger partial charge in [0.05, 0.1) is 11.3 Å². The number of rotatable bonds is 5. The van der Waals surface area contributed by atoms with E-state index < -0.39 is 0 Å². The Bertz CT molecular complexity index is 1100. The predicted molar refractivity (Wildman–Crippen MR) is 135 cm³/mol. The van der Waals surface area contributed by atoms with Gasteiger partial charge in [-0.1, -0.05) is 36.2 Å². The Hall–Kier alpha value is -2.69. The summed E-state index contributed by atoms with van der Waals surface area (Å²) in [4.78, 5) is 19.9. The third kappa shape index (κ3) is 5.45. The fourth-order valence-corrected chi connectivity index (χ4v) is 5.22. The van der Waals surface area contributed by atoms with Gasteiger partial charge in [-0.2, -0.15) is 0 Å². The highest BCUT2D eigenvalue weighted by molar-refractivity contribution is 6.30. The van der Waals surface area contributed by atoms with Gasteiger partial charge in [0.15, 0.2) is 0 Å². The summed E-state index contributed by atoms with van der Waals surface area (Å²) in [6, 6.07) is 17.6. The second-order valence-corrected chi connectivity index (χ2v) is 9.78. The molecule has 0 saturated carbocycles. The number of aryl methyl sites for hydroxylation is 1. The Morgan fingerprint density at radius 2 is 1.82 bits per heavy atom. The van der Waals surface area contributed by atoms with Crippen LogP contribution in [-0.4, -0.2) is 35.4 Å². The van der Waals surface area contributed by atoms with Crippen molar-refractivity contribution in [1.29, 1.82) is 0 Å². The lowest BCUT2D eigenvalue weighted by Crippen LogP contribution is -2.36. The number of nitrogens with one attached hydrogen (secondary N) is 1. The van der Waals surface area contributed by atoms with Gasteiger partial charge in [0, 0.05) is 29.0 Å². The van der Waals surface area contributed by atoms with Gasteiger partial charge in [-0.25, -0.2) is 0 Å². The number of anilines is 1. The molecule has 1 aromatic heterocycles. The number of nitrogens with zero attached hydrogens (tertiary/aromatic N) is 2. The number of aromatic nitrogens is 1. The maximum absolute atomic E-state index is 12.8. The van der Waals surface area contributed by atoms with Gasteiger partial charge in [0.1, 0.15) is 0 Å². The second kappa shape index (κ2) is 10.1. The van der Waals surface area contributed by atoms with Gasteiger partial charge in [0.25, 0.3) is 5.91 Å². The van der Waals surface area contributed by atoms with E-state index in [9.17, 15) is 4.79 Å². The van der Waals surface area contributed by atoms with Crippen LogP contribution in [-0.2, 0) is 12.8 Å². The third-order valence-electron chi connectivity index (χ3n) is 6.93. The average Bonchev–Trinajstić information content (AvgIpc) is 2.85. The van der Waals surface area contributed by atoms with Crippen molar-refractivity contribution in [2.45, 2.75) is 38.5 Å². The van der Waals surface area contributed by atoms with E-state index in [2.05, 4.69) is 27.3 Å². The lowest BCUT2D eigenvalue weighted by Gasteiger charge is -2.33. The van der Waals surface area contributed by atoms with E-state index in [0.29, 0.717) is 10.6 Å². The Morgan fingerprint density at radius 1 is 1.00 bits per heavy atom. The molecular weight excluding hydrogens is 430 g/mol. The van der Waals surface area contributed by atoms with E-state index in [1.165, 1.54) is 56.4 Å². The van der Waals surface area contributed by atoms with Crippen molar-refractivity contribution in [3.63, 3.8) is 0 Å². The number of pyridine rings is 1. The minimum atomic E-state index is -0.135. The van der Waals surface area contributed by atoms with E-state index in [-0.39, 0.29) is 5.91 Å². The molecule has 33 heavy (non-hydrogen) atoms. The van der Waals surface area contributed by atoms with E-state index in [4.69, 9.17) is 11.6 Å². The van der Waals surface area contributed by atoms with Gasteiger partial charge in [-0.3, -0.25) is 9.78 Å². The van der Waals surface area contributed by atoms with Crippen molar-refractivity contribution in [3.8, 4) is 11.3 Å². The molecular formula is C28H30ClN3O. The first-order valence-electron chi connectivity index (χ1n) is 12.0. The molecule has 1 aliphatic heterocycles. The molecule has 1 N–H and O–H groups in total. The molecule has 0 spiro atoms. The molecule has 2 aliphatic rings. The number of benzene rings is 2. The van der Waals surface area contributed by atoms with Crippen molar-refractivity contribution in [2.75, 3.05) is 25.0 Å². The number of amides is 1. The number of hydrogen-bond acceptors (Lipinski definition) is 3. The topological polar surface area (TPSA) is 45.2 Å². The van der Waals surface area contributed by atoms with Crippen LogP contribution in [0.3, 0.4) is 0 Å². The minimum absolute atomic E-state index is 0.135. The Morgan fingerprint density at radius 3 is 2.58 bits per heavy atom. The van der Waals surface area contributed by atoms with Gasteiger partial charge in [0.2, 0.25) is 0 Å². The summed E-state index contributed by atoms with van der Waals surface area (Å²) in [5.41, 5.74) is 6.01. The number of carbonyl (C=O) groups excluding carboxylic acids is 1. The van der Waals surface area contributed by atoms with E-state index in [1.807, 2.05) is 42.5 Å². The Balaban J connectivity index is 1.20. The second-order valence-electron chi connectivity index (χ2n) is 9.35. The number of piperidine rings is 1. The van der Waals surface area contributed by atoms with Crippen molar-refractivity contribution >= 4 is 23.2 Å². The van der Waals surface area contributed by atoms with Crippen LogP contribution in [0.15, 0.2) is 60.8 Å². The van der Waals surface area contributed by atoms with Gasteiger partial charge in [-0.15, -0.1) is 0 Å². The molecule has 5 rings (SSSR count). The number of carbonyl (C=O) groups is 1. The van der Waals surface area contributed by atoms with Crippen LogP contribution in [0, 0.1) is 5.92 Å². The normalized spacial score (nSPS) is 18.5.